The molecule has 0 aliphatic carbocycles. The fraction of sp³-hybridized carbons (Fsp3) is 0.478. The number of piperazine rings is 1. The lowest BCUT2D eigenvalue weighted by atomic mass is 10.0. The molecule has 6 nitrogen and oxygen atoms in total. The molecule has 2 aromatic carbocycles. The Balaban J connectivity index is 1.51. The van der Waals surface area contributed by atoms with Gasteiger partial charge in [0.2, 0.25) is 10.0 Å². The van der Waals surface area contributed by atoms with Gasteiger partial charge in [0.25, 0.3) is 0 Å². The van der Waals surface area contributed by atoms with E-state index in [4.69, 9.17) is 9.47 Å². The number of nitrogens with zero attached hydrogens (tertiary/aromatic N) is 2. The fourth-order valence-corrected chi connectivity index (χ4v) is 6.44. The summed E-state index contributed by atoms with van der Waals surface area (Å²) in [6.07, 6.45) is 0. The molecule has 0 N–H and O–H groups in total. The third kappa shape index (κ3) is 4.22. The van der Waals surface area contributed by atoms with Crippen molar-refractivity contribution < 1.29 is 22.3 Å². The van der Waals surface area contributed by atoms with Crippen molar-refractivity contribution in [1.82, 2.24) is 9.21 Å². The molecule has 2 aromatic rings. The van der Waals surface area contributed by atoms with Gasteiger partial charge in [0.15, 0.2) is 6.79 Å². The first-order chi connectivity index (χ1) is 14.7. The summed E-state index contributed by atoms with van der Waals surface area (Å²) >= 11 is 0. The number of fused-ring (bicyclic) bond motifs is 1. The quantitative estimate of drug-likeness (QED) is 0.717. The summed E-state index contributed by atoms with van der Waals surface area (Å²) in [5.74, 6) is 0.369. The zero-order valence-corrected chi connectivity index (χ0v) is 19.3. The molecule has 1 fully saturated rings. The van der Waals surface area contributed by atoms with Crippen LogP contribution >= 0.6 is 0 Å². The summed E-state index contributed by atoms with van der Waals surface area (Å²) in [4.78, 5) is 2.58. The lowest BCUT2D eigenvalue weighted by Gasteiger charge is -2.35. The maximum Gasteiger partial charge on any atom is 0.243 e. The number of aryl methyl sites for hydroxylation is 2. The monoisotopic (exact) mass is 448 g/mol. The van der Waals surface area contributed by atoms with Crippen LogP contribution in [0.3, 0.4) is 0 Å². The van der Waals surface area contributed by atoms with E-state index in [2.05, 4.69) is 4.90 Å². The predicted molar refractivity (Wildman–Crippen MR) is 116 cm³/mol. The summed E-state index contributed by atoms with van der Waals surface area (Å²) in [7, 11) is -3.58. The van der Waals surface area contributed by atoms with E-state index >= 15 is 0 Å². The van der Waals surface area contributed by atoms with Crippen LogP contribution in [0.5, 0.6) is 5.75 Å². The van der Waals surface area contributed by atoms with Crippen molar-refractivity contribution in [1.29, 1.82) is 0 Å². The smallest absolute Gasteiger partial charge is 0.243 e. The highest BCUT2D eigenvalue weighted by molar-refractivity contribution is 7.89. The van der Waals surface area contributed by atoms with E-state index in [1.165, 1.54) is 12.1 Å². The number of halogens is 1. The number of hydrogen-bond acceptors (Lipinski definition) is 5. The largest absolute Gasteiger partial charge is 0.467 e. The molecule has 2 aliphatic heterocycles. The van der Waals surface area contributed by atoms with Gasteiger partial charge in [-0.1, -0.05) is 6.07 Å². The van der Waals surface area contributed by atoms with Crippen LogP contribution < -0.4 is 4.74 Å². The zero-order valence-electron chi connectivity index (χ0n) is 18.5. The lowest BCUT2D eigenvalue weighted by Crippen LogP contribution is -2.48. The van der Waals surface area contributed by atoms with E-state index < -0.39 is 10.0 Å². The summed E-state index contributed by atoms with van der Waals surface area (Å²) < 4.78 is 53.4. The van der Waals surface area contributed by atoms with E-state index in [0.29, 0.717) is 55.5 Å². The molecule has 2 heterocycles. The molecule has 0 spiro atoms. The summed E-state index contributed by atoms with van der Waals surface area (Å²) in [6, 6.07) is 4.97. The molecule has 0 bridgehead atoms. The molecule has 0 aromatic heterocycles. The Morgan fingerprint density at radius 2 is 1.61 bits per heavy atom. The molecular weight excluding hydrogens is 419 g/mol. The standard InChI is InChI=1S/C23H29FN2O4S/c1-15-9-16(2)18(4)23(17(15)3)31(27,28)26-7-5-25(6-8-26)12-19-10-21(24)11-20-13-29-14-30-22(19)20/h9-11H,5-8,12-14H2,1-4H3. The van der Waals surface area contributed by atoms with Gasteiger partial charge in [-0.25, -0.2) is 12.8 Å². The fourth-order valence-electron chi connectivity index (χ4n) is 4.44. The van der Waals surface area contributed by atoms with Crippen LogP contribution in [0.25, 0.3) is 0 Å². The van der Waals surface area contributed by atoms with Crippen LogP contribution in [0.4, 0.5) is 4.39 Å². The molecule has 0 radical (unpaired) electrons. The molecular formula is C23H29FN2O4S. The first-order valence-electron chi connectivity index (χ1n) is 10.5. The second-order valence-corrected chi connectivity index (χ2v) is 10.3. The molecule has 8 heteroatoms. The van der Waals surface area contributed by atoms with Crippen molar-refractivity contribution in [3.8, 4) is 5.75 Å². The van der Waals surface area contributed by atoms with Crippen molar-refractivity contribution in [2.24, 2.45) is 0 Å². The number of sulfonamides is 1. The van der Waals surface area contributed by atoms with E-state index in [9.17, 15) is 12.8 Å². The molecule has 0 saturated carbocycles. The van der Waals surface area contributed by atoms with Crippen molar-refractivity contribution in [2.75, 3.05) is 33.0 Å². The zero-order chi connectivity index (χ0) is 22.3. The average Bonchev–Trinajstić information content (AvgIpc) is 2.72. The second-order valence-electron chi connectivity index (χ2n) is 8.43. The van der Waals surface area contributed by atoms with Crippen molar-refractivity contribution in [2.45, 2.75) is 45.7 Å². The van der Waals surface area contributed by atoms with Crippen LogP contribution in [0.2, 0.25) is 0 Å². The van der Waals surface area contributed by atoms with Gasteiger partial charge in [-0.15, -0.1) is 0 Å². The maximum absolute atomic E-state index is 14.0. The second kappa shape index (κ2) is 8.50. The molecule has 31 heavy (non-hydrogen) atoms. The van der Waals surface area contributed by atoms with E-state index in [1.807, 2.05) is 33.8 Å². The highest BCUT2D eigenvalue weighted by Crippen LogP contribution is 2.32. The molecule has 4 rings (SSSR count). The third-order valence-electron chi connectivity index (χ3n) is 6.37. The van der Waals surface area contributed by atoms with Gasteiger partial charge in [0.1, 0.15) is 11.6 Å². The van der Waals surface area contributed by atoms with E-state index in [0.717, 1.165) is 27.8 Å². The van der Waals surface area contributed by atoms with Gasteiger partial charge in [-0.2, -0.15) is 4.31 Å². The minimum absolute atomic E-state index is 0.159. The molecule has 1 saturated heterocycles. The van der Waals surface area contributed by atoms with Gasteiger partial charge in [-0.05, 0) is 62.1 Å². The maximum atomic E-state index is 14.0. The van der Waals surface area contributed by atoms with Crippen LogP contribution in [0, 0.1) is 33.5 Å². The van der Waals surface area contributed by atoms with Gasteiger partial charge < -0.3 is 9.47 Å². The molecule has 0 atom stereocenters. The number of benzene rings is 2. The Kier molecular flexibility index (Phi) is 6.09. The summed E-state index contributed by atoms with van der Waals surface area (Å²) in [5.41, 5.74) is 5.09. The Labute approximate surface area is 183 Å². The summed E-state index contributed by atoms with van der Waals surface area (Å²) in [5, 5.41) is 0. The first-order valence-corrected chi connectivity index (χ1v) is 11.9. The highest BCUT2D eigenvalue weighted by atomic mass is 32.2. The SMILES string of the molecule is Cc1cc(C)c(C)c(S(=O)(=O)N2CCN(Cc3cc(F)cc4c3OCOC4)CC2)c1C. The molecule has 0 amide bonds. The Morgan fingerprint density at radius 3 is 2.26 bits per heavy atom. The van der Waals surface area contributed by atoms with E-state index in [-0.39, 0.29) is 12.6 Å². The molecule has 168 valence electrons. The number of ether oxygens (including phenoxy) is 2. The minimum atomic E-state index is -3.58. The van der Waals surface area contributed by atoms with E-state index in [1.54, 1.807) is 4.31 Å². The number of hydrogen-bond donors (Lipinski definition) is 0. The summed E-state index contributed by atoms with van der Waals surface area (Å²) in [6.45, 7) is 10.6. The van der Waals surface area contributed by atoms with Crippen LogP contribution in [-0.2, 0) is 27.9 Å². The highest BCUT2D eigenvalue weighted by Gasteiger charge is 2.32. The van der Waals surface area contributed by atoms with Crippen LogP contribution in [0.1, 0.15) is 33.4 Å². The van der Waals surface area contributed by atoms with Crippen molar-refractivity contribution >= 4 is 10.0 Å². The normalized spacial score (nSPS) is 18.0. The minimum Gasteiger partial charge on any atom is -0.467 e. The average molecular weight is 449 g/mol. The van der Waals surface area contributed by atoms with Crippen molar-refractivity contribution in [3.63, 3.8) is 0 Å². The molecule has 0 unspecified atom stereocenters. The molecule has 2 aliphatic rings. The Bertz CT molecular complexity index is 1080. The van der Waals surface area contributed by atoms with Gasteiger partial charge in [-0.3, -0.25) is 4.90 Å². The predicted octanol–water partition coefficient (Wildman–Crippen LogP) is 3.43. The Morgan fingerprint density at radius 1 is 0.968 bits per heavy atom. The Hall–Kier alpha value is -2.00. The van der Waals surface area contributed by atoms with Gasteiger partial charge >= 0.3 is 0 Å². The number of rotatable bonds is 4. The van der Waals surface area contributed by atoms with Gasteiger partial charge in [0.05, 0.1) is 11.5 Å². The third-order valence-corrected chi connectivity index (χ3v) is 8.55. The first kappa shape index (κ1) is 22.2. The topological polar surface area (TPSA) is 59.1 Å². The lowest BCUT2D eigenvalue weighted by molar-refractivity contribution is -0.0178. The van der Waals surface area contributed by atoms with Crippen molar-refractivity contribution in [3.05, 3.63) is 57.4 Å². The van der Waals surface area contributed by atoms with Crippen LogP contribution in [-0.4, -0.2) is 50.6 Å². The van der Waals surface area contributed by atoms with Crippen LogP contribution in [0.15, 0.2) is 23.1 Å². The van der Waals surface area contributed by atoms with Gasteiger partial charge in [0, 0.05) is 43.9 Å².